The molecule has 2 aromatic carbocycles. The second-order valence-corrected chi connectivity index (χ2v) is 4.39. The van der Waals surface area contributed by atoms with Gasteiger partial charge in [0.25, 0.3) is 10.5 Å². The molecule has 0 unspecified atom stereocenters. The van der Waals surface area contributed by atoms with E-state index in [4.69, 9.17) is 27.9 Å². The highest BCUT2D eigenvalue weighted by atomic mass is 35.5. The van der Waals surface area contributed by atoms with E-state index >= 15 is 0 Å². The van der Waals surface area contributed by atoms with Gasteiger partial charge in [0.05, 0.1) is 0 Å². The molecule has 3 nitrogen and oxygen atoms in total. The van der Waals surface area contributed by atoms with Crippen molar-refractivity contribution in [2.45, 2.75) is 0 Å². The van der Waals surface area contributed by atoms with Crippen molar-refractivity contribution in [3.05, 3.63) is 59.7 Å². The molecule has 0 radical (unpaired) electrons. The van der Waals surface area contributed by atoms with Crippen LogP contribution in [-0.2, 0) is 0 Å². The monoisotopic (exact) mass is 294 g/mol. The van der Waals surface area contributed by atoms with Crippen LogP contribution < -0.4 is 4.74 Å². The summed E-state index contributed by atoms with van der Waals surface area (Å²) in [5.41, 5.74) is 0.741. The molecule has 5 heteroatoms. The predicted molar refractivity (Wildman–Crippen MR) is 73.3 cm³/mol. The zero-order valence-corrected chi connectivity index (χ0v) is 11.1. The van der Waals surface area contributed by atoms with Gasteiger partial charge < -0.3 is 4.74 Å². The minimum Gasteiger partial charge on any atom is -0.457 e. The second kappa shape index (κ2) is 5.87. The molecule has 0 fully saturated rings. The Morgan fingerprint density at radius 1 is 0.789 bits per heavy atom. The lowest BCUT2D eigenvalue weighted by molar-refractivity contribution is 0.107. The van der Waals surface area contributed by atoms with Crippen molar-refractivity contribution in [3.63, 3.8) is 0 Å². The van der Waals surface area contributed by atoms with Crippen molar-refractivity contribution in [2.75, 3.05) is 0 Å². The van der Waals surface area contributed by atoms with E-state index in [2.05, 4.69) is 0 Å². The summed E-state index contributed by atoms with van der Waals surface area (Å²) in [7, 11) is 0. The Kier molecular flexibility index (Phi) is 4.20. The average molecular weight is 295 g/mol. The van der Waals surface area contributed by atoms with Gasteiger partial charge in [-0.3, -0.25) is 9.59 Å². The number of carbonyl (C=O) groups is 2. The molecule has 0 heterocycles. The van der Waals surface area contributed by atoms with Crippen molar-refractivity contribution < 1.29 is 14.3 Å². The SMILES string of the molecule is O=C(Cl)c1ccc(Oc2cccc(C(=O)Cl)c2)cc1. The van der Waals surface area contributed by atoms with E-state index in [9.17, 15) is 9.59 Å². The first-order valence-corrected chi connectivity index (χ1v) is 6.09. The van der Waals surface area contributed by atoms with Gasteiger partial charge in [-0.25, -0.2) is 0 Å². The van der Waals surface area contributed by atoms with Crippen LogP contribution in [0.5, 0.6) is 11.5 Å². The molecule has 0 aromatic heterocycles. The lowest BCUT2D eigenvalue weighted by Crippen LogP contribution is -1.91. The zero-order chi connectivity index (χ0) is 13.8. The van der Waals surface area contributed by atoms with Crippen LogP contribution in [0.4, 0.5) is 0 Å². The molecule has 0 spiro atoms. The number of hydrogen-bond acceptors (Lipinski definition) is 3. The molecule has 0 atom stereocenters. The van der Waals surface area contributed by atoms with Gasteiger partial charge in [0, 0.05) is 11.1 Å². The van der Waals surface area contributed by atoms with Crippen LogP contribution in [0, 0.1) is 0 Å². The third kappa shape index (κ3) is 3.56. The molecule has 0 aliphatic heterocycles. The minimum absolute atomic E-state index is 0.353. The van der Waals surface area contributed by atoms with Crippen molar-refractivity contribution in [3.8, 4) is 11.5 Å². The Morgan fingerprint density at radius 2 is 1.42 bits per heavy atom. The van der Waals surface area contributed by atoms with Crippen LogP contribution in [0.3, 0.4) is 0 Å². The van der Waals surface area contributed by atoms with E-state index in [0.717, 1.165) is 0 Å². The molecular weight excluding hydrogens is 287 g/mol. The number of benzene rings is 2. The van der Waals surface area contributed by atoms with E-state index in [1.54, 1.807) is 42.5 Å². The van der Waals surface area contributed by atoms with E-state index < -0.39 is 10.5 Å². The predicted octanol–water partition coefficient (Wildman–Crippen LogP) is 4.24. The first-order valence-electron chi connectivity index (χ1n) is 5.34. The highest BCUT2D eigenvalue weighted by molar-refractivity contribution is 6.68. The Labute approximate surface area is 119 Å². The van der Waals surface area contributed by atoms with Gasteiger partial charge in [-0.05, 0) is 65.7 Å². The number of rotatable bonds is 4. The first kappa shape index (κ1) is 13.6. The summed E-state index contributed by atoms with van der Waals surface area (Å²) in [4.78, 5) is 21.9. The van der Waals surface area contributed by atoms with Gasteiger partial charge in [0.2, 0.25) is 0 Å². The summed E-state index contributed by atoms with van der Waals surface area (Å²) in [5.74, 6) is 1.01. The highest BCUT2D eigenvalue weighted by Crippen LogP contribution is 2.23. The Bertz CT molecular complexity index is 621. The maximum absolute atomic E-state index is 11.0. The Morgan fingerprint density at radius 3 is 2.00 bits per heavy atom. The second-order valence-electron chi connectivity index (χ2n) is 3.70. The molecule has 96 valence electrons. The standard InChI is InChI=1S/C14H8Cl2O3/c15-13(17)9-4-6-11(7-5-9)19-12-3-1-2-10(8-12)14(16)18/h1-8H. The summed E-state index contributed by atoms with van der Waals surface area (Å²) in [6.45, 7) is 0. The molecule has 0 bridgehead atoms. The molecule has 0 N–H and O–H groups in total. The third-order valence-electron chi connectivity index (χ3n) is 2.38. The maximum atomic E-state index is 11.0. The molecule has 0 aliphatic carbocycles. The van der Waals surface area contributed by atoms with Gasteiger partial charge in [-0.2, -0.15) is 0 Å². The molecule has 0 amide bonds. The molecule has 2 aromatic rings. The largest absolute Gasteiger partial charge is 0.457 e. The third-order valence-corrected chi connectivity index (χ3v) is 2.81. The molecular formula is C14H8Cl2O3. The van der Waals surface area contributed by atoms with Crippen molar-refractivity contribution in [2.24, 2.45) is 0 Å². The van der Waals surface area contributed by atoms with Crippen LogP contribution in [-0.4, -0.2) is 10.5 Å². The van der Waals surface area contributed by atoms with Gasteiger partial charge in [0.1, 0.15) is 11.5 Å². The smallest absolute Gasteiger partial charge is 0.252 e. The number of hydrogen-bond donors (Lipinski definition) is 0. The first-order chi connectivity index (χ1) is 9.06. The zero-order valence-electron chi connectivity index (χ0n) is 9.60. The number of ether oxygens (including phenoxy) is 1. The van der Waals surface area contributed by atoms with Gasteiger partial charge in [-0.15, -0.1) is 0 Å². The lowest BCUT2D eigenvalue weighted by Gasteiger charge is -2.06. The quantitative estimate of drug-likeness (QED) is 0.792. The Balaban J connectivity index is 2.19. The maximum Gasteiger partial charge on any atom is 0.252 e. The lowest BCUT2D eigenvalue weighted by atomic mass is 10.2. The topological polar surface area (TPSA) is 43.4 Å². The van der Waals surface area contributed by atoms with Gasteiger partial charge >= 0.3 is 0 Å². The fourth-order valence-electron chi connectivity index (χ4n) is 1.47. The van der Waals surface area contributed by atoms with Gasteiger partial charge in [-0.1, -0.05) is 6.07 Å². The van der Waals surface area contributed by atoms with Crippen LogP contribution in [0.2, 0.25) is 0 Å². The number of halogens is 2. The van der Waals surface area contributed by atoms with Crippen molar-refractivity contribution >= 4 is 33.7 Å². The van der Waals surface area contributed by atoms with E-state index in [-0.39, 0.29) is 0 Å². The molecule has 2 rings (SSSR count). The minimum atomic E-state index is -0.548. The summed E-state index contributed by atoms with van der Waals surface area (Å²) >= 11 is 10.7. The summed E-state index contributed by atoms with van der Waals surface area (Å²) in [6.07, 6.45) is 0. The summed E-state index contributed by atoms with van der Waals surface area (Å²) in [6, 6.07) is 12.8. The van der Waals surface area contributed by atoms with Gasteiger partial charge in [0.15, 0.2) is 0 Å². The van der Waals surface area contributed by atoms with Crippen molar-refractivity contribution in [1.82, 2.24) is 0 Å². The fourth-order valence-corrected chi connectivity index (χ4v) is 1.72. The summed E-state index contributed by atoms with van der Waals surface area (Å²) in [5, 5.41) is -1.07. The average Bonchev–Trinajstić information content (AvgIpc) is 2.39. The van der Waals surface area contributed by atoms with Crippen LogP contribution in [0.1, 0.15) is 20.7 Å². The van der Waals surface area contributed by atoms with E-state index in [1.807, 2.05) is 0 Å². The fraction of sp³-hybridized carbons (Fsp3) is 0. The molecule has 0 aliphatic rings. The number of carbonyl (C=O) groups excluding carboxylic acids is 2. The van der Waals surface area contributed by atoms with Crippen LogP contribution >= 0.6 is 23.2 Å². The van der Waals surface area contributed by atoms with Crippen molar-refractivity contribution in [1.29, 1.82) is 0 Å². The molecule has 0 saturated heterocycles. The Hall–Kier alpha value is -1.84. The summed E-state index contributed by atoms with van der Waals surface area (Å²) < 4.78 is 5.54. The van der Waals surface area contributed by atoms with Crippen LogP contribution in [0.15, 0.2) is 48.5 Å². The highest BCUT2D eigenvalue weighted by Gasteiger charge is 2.05. The van der Waals surface area contributed by atoms with E-state index in [0.29, 0.717) is 22.6 Å². The van der Waals surface area contributed by atoms with Crippen LogP contribution in [0.25, 0.3) is 0 Å². The van der Waals surface area contributed by atoms with E-state index in [1.165, 1.54) is 6.07 Å². The normalized spacial score (nSPS) is 10.0. The molecule has 19 heavy (non-hydrogen) atoms. The molecule has 0 saturated carbocycles.